The van der Waals surface area contributed by atoms with Crippen molar-refractivity contribution < 1.29 is 23.6 Å². The molecular formula is C16H20N4O5. The predicted molar refractivity (Wildman–Crippen MR) is 87.7 cm³/mol. The number of hydrogen-bond acceptors (Lipinski definition) is 5. The topological polar surface area (TPSA) is 135 Å². The van der Waals surface area contributed by atoms with E-state index in [-0.39, 0.29) is 19.0 Å². The second-order valence-corrected chi connectivity index (χ2v) is 5.50. The minimum Gasteiger partial charge on any atom is -0.465 e. The average Bonchev–Trinajstić information content (AvgIpc) is 3.26. The largest absolute Gasteiger partial charge is 0.465 e. The first-order chi connectivity index (χ1) is 12.0. The standard InChI is InChI=1S/C16H20N4O5/c17-13(21)9-19-16(24)12-4-1-7-20(12)15(23)10-18-14(22)6-5-11-3-2-8-25-11/h2-3,5-6,8,12H,1,4,7,9-10H2,(H2,17,21)(H,18,22)(H,19,24)/b6-5+/t12-/m0/s1. The van der Waals surface area contributed by atoms with Gasteiger partial charge < -0.3 is 25.7 Å². The number of nitrogens with zero attached hydrogens (tertiary/aromatic N) is 1. The maximum Gasteiger partial charge on any atom is 0.244 e. The smallest absolute Gasteiger partial charge is 0.244 e. The van der Waals surface area contributed by atoms with E-state index in [0.717, 1.165) is 0 Å². The molecule has 9 nitrogen and oxygen atoms in total. The Kier molecular flexibility index (Phi) is 6.33. The monoisotopic (exact) mass is 348 g/mol. The van der Waals surface area contributed by atoms with Gasteiger partial charge in [-0.25, -0.2) is 0 Å². The highest BCUT2D eigenvalue weighted by molar-refractivity contribution is 5.95. The first-order valence-corrected chi connectivity index (χ1v) is 7.82. The van der Waals surface area contributed by atoms with Crippen LogP contribution in [-0.4, -0.2) is 54.2 Å². The fraction of sp³-hybridized carbons (Fsp3) is 0.375. The molecule has 1 saturated heterocycles. The lowest BCUT2D eigenvalue weighted by Gasteiger charge is -2.23. The summed E-state index contributed by atoms with van der Waals surface area (Å²) in [7, 11) is 0. The fourth-order valence-corrected chi connectivity index (χ4v) is 2.50. The Balaban J connectivity index is 1.81. The van der Waals surface area contributed by atoms with Gasteiger partial charge in [0.25, 0.3) is 0 Å². The van der Waals surface area contributed by atoms with Crippen molar-refractivity contribution in [2.24, 2.45) is 5.73 Å². The van der Waals surface area contributed by atoms with E-state index in [1.165, 1.54) is 23.3 Å². The highest BCUT2D eigenvalue weighted by atomic mass is 16.3. The zero-order valence-electron chi connectivity index (χ0n) is 13.6. The SMILES string of the molecule is NC(=O)CNC(=O)[C@@H]1CCCN1C(=O)CNC(=O)/C=C/c1ccco1. The maximum atomic E-state index is 12.2. The molecule has 4 amide bonds. The minimum absolute atomic E-state index is 0.221. The van der Waals surface area contributed by atoms with E-state index in [4.69, 9.17) is 10.2 Å². The summed E-state index contributed by atoms with van der Waals surface area (Å²) in [6.07, 6.45) is 5.40. The molecular weight excluding hydrogens is 328 g/mol. The second kappa shape index (κ2) is 8.67. The highest BCUT2D eigenvalue weighted by Crippen LogP contribution is 2.17. The number of primary amides is 1. The van der Waals surface area contributed by atoms with Crippen molar-refractivity contribution in [3.63, 3.8) is 0 Å². The van der Waals surface area contributed by atoms with Crippen LogP contribution in [0.1, 0.15) is 18.6 Å². The van der Waals surface area contributed by atoms with Gasteiger partial charge in [-0.2, -0.15) is 0 Å². The van der Waals surface area contributed by atoms with Crippen LogP contribution in [0.2, 0.25) is 0 Å². The zero-order valence-corrected chi connectivity index (χ0v) is 13.6. The number of carbonyl (C=O) groups excluding carboxylic acids is 4. The Hall–Kier alpha value is -3.10. The molecule has 1 fully saturated rings. The molecule has 134 valence electrons. The molecule has 1 aliphatic heterocycles. The number of hydrogen-bond donors (Lipinski definition) is 3. The van der Waals surface area contributed by atoms with E-state index < -0.39 is 23.8 Å². The van der Waals surface area contributed by atoms with Crippen LogP contribution >= 0.6 is 0 Å². The van der Waals surface area contributed by atoms with Crippen molar-refractivity contribution >= 4 is 29.7 Å². The van der Waals surface area contributed by atoms with Gasteiger partial charge in [0.15, 0.2) is 0 Å². The number of nitrogens with one attached hydrogen (secondary N) is 2. The van der Waals surface area contributed by atoms with E-state index in [9.17, 15) is 19.2 Å². The molecule has 0 saturated carbocycles. The second-order valence-electron chi connectivity index (χ2n) is 5.50. The third-order valence-corrected chi connectivity index (χ3v) is 3.67. The first-order valence-electron chi connectivity index (χ1n) is 7.82. The Labute approximate surface area is 144 Å². The number of amides is 4. The van der Waals surface area contributed by atoms with Crippen LogP contribution < -0.4 is 16.4 Å². The fourth-order valence-electron chi connectivity index (χ4n) is 2.50. The molecule has 1 aliphatic rings. The van der Waals surface area contributed by atoms with Gasteiger partial charge in [0.2, 0.25) is 23.6 Å². The Morgan fingerprint density at radius 1 is 1.28 bits per heavy atom. The van der Waals surface area contributed by atoms with Crippen LogP contribution in [0, 0.1) is 0 Å². The molecule has 0 spiro atoms. The van der Waals surface area contributed by atoms with Gasteiger partial charge in [-0.1, -0.05) is 0 Å². The van der Waals surface area contributed by atoms with Crippen LogP contribution in [0.3, 0.4) is 0 Å². The van der Waals surface area contributed by atoms with E-state index in [1.54, 1.807) is 12.1 Å². The van der Waals surface area contributed by atoms with Gasteiger partial charge in [-0.05, 0) is 31.1 Å². The summed E-state index contributed by atoms with van der Waals surface area (Å²) >= 11 is 0. The van der Waals surface area contributed by atoms with Crippen molar-refractivity contribution in [1.82, 2.24) is 15.5 Å². The third kappa shape index (κ3) is 5.48. The van der Waals surface area contributed by atoms with E-state index in [1.807, 2.05) is 0 Å². The van der Waals surface area contributed by atoms with Gasteiger partial charge in [0.1, 0.15) is 11.8 Å². The molecule has 1 atom stereocenters. The molecule has 1 aromatic rings. The number of nitrogens with two attached hydrogens (primary N) is 1. The molecule has 2 rings (SSSR count). The van der Waals surface area contributed by atoms with Gasteiger partial charge in [-0.3, -0.25) is 19.2 Å². The average molecular weight is 348 g/mol. The van der Waals surface area contributed by atoms with Crippen molar-refractivity contribution in [2.45, 2.75) is 18.9 Å². The molecule has 2 heterocycles. The van der Waals surface area contributed by atoms with Crippen LogP contribution in [0.5, 0.6) is 0 Å². The molecule has 0 bridgehead atoms. The molecule has 9 heteroatoms. The van der Waals surface area contributed by atoms with Crippen LogP contribution in [-0.2, 0) is 19.2 Å². The first kappa shape index (κ1) is 18.2. The lowest BCUT2D eigenvalue weighted by atomic mass is 10.2. The lowest BCUT2D eigenvalue weighted by Crippen LogP contribution is -2.50. The molecule has 0 aromatic carbocycles. The van der Waals surface area contributed by atoms with Crippen molar-refractivity contribution in [2.75, 3.05) is 19.6 Å². The number of furan rings is 1. The summed E-state index contributed by atoms with van der Waals surface area (Å²) in [4.78, 5) is 48.1. The van der Waals surface area contributed by atoms with E-state index in [2.05, 4.69) is 10.6 Å². The number of rotatable bonds is 7. The highest BCUT2D eigenvalue weighted by Gasteiger charge is 2.33. The summed E-state index contributed by atoms with van der Waals surface area (Å²) < 4.78 is 5.05. The van der Waals surface area contributed by atoms with Crippen LogP contribution in [0.15, 0.2) is 28.9 Å². The zero-order chi connectivity index (χ0) is 18.2. The Bertz CT molecular complexity index is 668. The van der Waals surface area contributed by atoms with Crippen molar-refractivity contribution in [1.29, 1.82) is 0 Å². The summed E-state index contributed by atoms with van der Waals surface area (Å²) in [5.74, 6) is -1.36. The van der Waals surface area contributed by atoms with E-state index in [0.29, 0.717) is 25.1 Å². The Morgan fingerprint density at radius 3 is 2.76 bits per heavy atom. The molecule has 0 unspecified atom stereocenters. The maximum absolute atomic E-state index is 12.2. The summed E-state index contributed by atoms with van der Waals surface area (Å²) in [6, 6.07) is 2.73. The lowest BCUT2D eigenvalue weighted by molar-refractivity contribution is -0.138. The van der Waals surface area contributed by atoms with Crippen molar-refractivity contribution in [3.05, 3.63) is 30.2 Å². The molecule has 4 N–H and O–H groups in total. The van der Waals surface area contributed by atoms with Gasteiger partial charge in [-0.15, -0.1) is 0 Å². The number of likely N-dealkylation sites (tertiary alicyclic amines) is 1. The van der Waals surface area contributed by atoms with E-state index >= 15 is 0 Å². The van der Waals surface area contributed by atoms with Gasteiger partial charge in [0.05, 0.1) is 19.4 Å². The summed E-state index contributed by atoms with van der Waals surface area (Å²) in [6.45, 7) is -0.0712. The molecule has 0 aliphatic carbocycles. The Morgan fingerprint density at radius 2 is 2.08 bits per heavy atom. The van der Waals surface area contributed by atoms with Crippen LogP contribution in [0.25, 0.3) is 6.08 Å². The molecule has 0 radical (unpaired) electrons. The van der Waals surface area contributed by atoms with Crippen LogP contribution in [0.4, 0.5) is 0 Å². The van der Waals surface area contributed by atoms with Gasteiger partial charge in [0, 0.05) is 12.6 Å². The summed E-state index contributed by atoms with van der Waals surface area (Å²) in [5, 5.41) is 4.86. The quantitative estimate of drug-likeness (QED) is 0.543. The third-order valence-electron chi connectivity index (χ3n) is 3.67. The summed E-state index contributed by atoms with van der Waals surface area (Å²) in [5.41, 5.74) is 4.98. The molecule has 25 heavy (non-hydrogen) atoms. The van der Waals surface area contributed by atoms with Crippen molar-refractivity contribution in [3.8, 4) is 0 Å². The minimum atomic E-state index is -0.653. The normalized spacial score (nSPS) is 16.8. The van der Waals surface area contributed by atoms with Gasteiger partial charge >= 0.3 is 0 Å². The number of carbonyl (C=O) groups is 4. The molecule has 1 aromatic heterocycles. The predicted octanol–water partition coefficient (Wildman–Crippen LogP) is -0.998.